The molecule has 1 heteroatoms. The zero-order valence-corrected chi connectivity index (χ0v) is 14.6. The van der Waals surface area contributed by atoms with E-state index in [-0.39, 0.29) is 5.54 Å². The van der Waals surface area contributed by atoms with Gasteiger partial charge < -0.3 is 5.32 Å². The molecule has 0 radical (unpaired) electrons. The molecule has 2 aromatic carbocycles. The number of hydrogen-bond donors (Lipinski definition) is 1. The zero-order chi connectivity index (χ0) is 17.0. The normalized spacial score (nSPS) is 22.1. The summed E-state index contributed by atoms with van der Waals surface area (Å²) >= 11 is 0. The molecule has 124 valence electrons. The van der Waals surface area contributed by atoms with E-state index in [0.29, 0.717) is 5.92 Å². The van der Waals surface area contributed by atoms with Crippen LogP contribution in [0.3, 0.4) is 0 Å². The van der Waals surface area contributed by atoms with Crippen LogP contribution >= 0.6 is 0 Å². The molecule has 1 nitrogen and oxygen atoms in total. The molecule has 3 rings (SSSR count). The summed E-state index contributed by atoms with van der Waals surface area (Å²) in [6.07, 6.45) is 7.27. The van der Waals surface area contributed by atoms with E-state index >= 15 is 0 Å². The van der Waals surface area contributed by atoms with Crippen LogP contribution in [0, 0.1) is 0 Å². The fourth-order valence-electron chi connectivity index (χ4n) is 4.06. The Bertz CT molecular complexity index is 730. The Morgan fingerprint density at radius 3 is 2.50 bits per heavy atom. The van der Waals surface area contributed by atoms with Gasteiger partial charge >= 0.3 is 0 Å². The molecule has 0 fully saturated rings. The summed E-state index contributed by atoms with van der Waals surface area (Å²) in [6, 6.07) is 17.8. The highest BCUT2D eigenvalue weighted by atomic mass is 15.0. The van der Waals surface area contributed by atoms with Crippen molar-refractivity contribution in [3.05, 3.63) is 96.1 Å². The van der Waals surface area contributed by atoms with E-state index in [0.717, 1.165) is 25.8 Å². The molecular formula is C23H27N. The number of rotatable bonds is 6. The molecule has 2 atom stereocenters. The van der Waals surface area contributed by atoms with Crippen LogP contribution in [0.25, 0.3) is 0 Å². The van der Waals surface area contributed by atoms with Crippen molar-refractivity contribution in [2.24, 2.45) is 0 Å². The third kappa shape index (κ3) is 2.97. The predicted octanol–water partition coefficient (Wildman–Crippen LogP) is 5.33. The second-order valence-electron chi connectivity index (χ2n) is 6.81. The molecule has 0 unspecified atom stereocenters. The number of nitrogens with one attached hydrogen (secondary N) is 1. The lowest BCUT2D eigenvalue weighted by Gasteiger charge is -2.34. The first-order valence-electron chi connectivity index (χ1n) is 8.85. The summed E-state index contributed by atoms with van der Waals surface area (Å²) in [7, 11) is 0. The maximum Gasteiger partial charge on any atom is 0.0669 e. The van der Waals surface area contributed by atoms with E-state index in [1.54, 1.807) is 0 Å². The molecule has 0 aliphatic heterocycles. The molecule has 0 saturated carbocycles. The lowest BCUT2D eigenvalue weighted by atomic mass is 9.81. The molecule has 0 aromatic heterocycles. The van der Waals surface area contributed by atoms with Crippen molar-refractivity contribution in [1.82, 2.24) is 5.32 Å². The molecule has 1 N–H and O–H groups in total. The van der Waals surface area contributed by atoms with E-state index in [2.05, 4.69) is 73.9 Å². The molecular weight excluding hydrogens is 290 g/mol. The first kappa shape index (κ1) is 16.7. The lowest BCUT2D eigenvalue weighted by Crippen LogP contribution is -2.41. The van der Waals surface area contributed by atoms with Crippen LogP contribution in [0.4, 0.5) is 0 Å². The van der Waals surface area contributed by atoms with Crippen molar-refractivity contribution in [2.75, 3.05) is 6.54 Å². The number of hydrogen-bond acceptors (Lipinski definition) is 1. The van der Waals surface area contributed by atoms with Crippen LogP contribution < -0.4 is 5.32 Å². The van der Waals surface area contributed by atoms with Crippen molar-refractivity contribution in [3.8, 4) is 0 Å². The van der Waals surface area contributed by atoms with Gasteiger partial charge in [0.05, 0.1) is 5.54 Å². The van der Waals surface area contributed by atoms with Crippen LogP contribution in [0.2, 0.25) is 0 Å². The first-order chi connectivity index (χ1) is 11.7. The Balaban J connectivity index is 2.19. The monoisotopic (exact) mass is 317 g/mol. The largest absolute Gasteiger partial charge is 0.300 e. The van der Waals surface area contributed by atoms with E-state index in [1.807, 2.05) is 12.2 Å². The molecule has 2 aromatic rings. The molecule has 0 saturated heterocycles. The molecule has 0 heterocycles. The van der Waals surface area contributed by atoms with Gasteiger partial charge in [-0.05, 0) is 54.4 Å². The van der Waals surface area contributed by atoms with Gasteiger partial charge in [-0.25, -0.2) is 0 Å². The third-order valence-corrected chi connectivity index (χ3v) is 5.28. The number of benzene rings is 2. The van der Waals surface area contributed by atoms with Gasteiger partial charge in [-0.2, -0.15) is 0 Å². The Morgan fingerprint density at radius 1 is 1.04 bits per heavy atom. The van der Waals surface area contributed by atoms with E-state index in [1.165, 1.54) is 22.3 Å². The molecule has 0 amide bonds. The minimum Gasteiger partial charge on any atom is -0.300 e. The summed E-state index contributed by atoms with van der Waals surface area (Å²) in [5, 5.41) is 3.74. The Kier molecular flexibility index (Phi) is 5.01. The zero-order valence-electron chi connectivity index (χ0n) is 14.6. The Morgan fingerprint density at radius 2 is 1.75 bits per heavy atom. The van der Waals surface area contributed by atoms with Crippen molar-refractivity contribution < 1.29 is 0 Å². The van der Waals surface area contributed by atoms with Crippen molar-refractivity contribution in [1.29, 1.82) is 0 Å². The lowest BCUT2D eigenvalue weighted by molar-refractivity contribution is 0.460. The van der Waals surface area contributed by atoms with Crippen LogP contribution in [0.1, 0.15) is 47.9 Å². The van der Waals surface area contributed by atoms with E-state index in [4.69, 9.17) is 0 Å². The van der Waals surface area contributed by atoms with Crippen LogP contribution in [-0.2, 0) is 12.0 Å². The van der Waals surface area contributed by atoms with Gasteiger partial charge in [-0.3, -0.25) is 0 Å². The Hall–Kier alpha value is -2.12. The highest BCUT2D eigenvalue weighted by Gasteiger charge is 2.36. The minimum atomic E-state index is -0.190. The standard InChI is InChI=1S/C23H27N/c1-4-6-11-18-17-19-12-7-9-14-21(19)23(3,24-16-5-2)22-15-10-8-13-20(18)22/h4-5,7-10,12-15,18,24H,1-2,6,11,16-17H2,3H3/t18-,23+/m1/s1. The second-order valence-corrected chi connectivity index (χ2v) is 6.81. The van der Waals surface area contributed by atoms with Gasteiger partial charge in [-0.15, -0.1) is 13.2 Å². The molecule has 1 aliphatic carbocycles. The average molecular weight is 317 g/mol. The van der Waals surface area contributed by atoms with Crippen molar-refractivity contribution >= 4 is 0 Å². The SMILES string of the molecule is C=CCC[C@@H]1Cc2ccccc2[C@](C)(NCC=C)c2ccccc21. The average Bonchev–Trinajstić information content (AvgIpc) is 2.73. The molecule has 24 heavy (non-hydrogen) atoms. The van der Waals surface area contributed by atoms with Crippen LogP contribution in [0.15, 0.2) is 73.8 Å². The van der Waals surface area contributed by atoms with Gasteiger partial charge in [0.1, 0.15) is 0 Å². The highest BCUT2D eigenvalue weighted by molar-refractivity contribution is 5.50. The quantitative estimate of drug-likeness (QED) is 0.710. The Labute approximate surface area is 146 Å². The minimum absolute atomic E-state index is 0.190. The molecule has 1 aliphatic rings. The van der Waals surface area contributed by atoms with Crippen LogP contribution in [0.5, 0.6) is 0 Å². The second kappa shape index (κ2) is 7.19. The summed E-state index contributed by atoms with van der Waals surface area (Å²) < 4.78 is 0. The van der Waals surface area contributed by atoms with E-state index in [9.17, 15) is 0 Å². The van der Waals surface area contributed by atoms with Gasteiger partial charge in [0.2, 0.25) is 0 Å². The molecule has 0 bridgehead atoms. The topological polar surface area (TPSA) is 12.0 Å². The summed E-state index contributed by atoms with van der Waals surface area (Å²) in [4.78, 5) is 0. The van der Waals surface area contributed by atoms with Gasteiger partial charge in [0.15, 0.2) is 0 Å². The molecule has 0 spiro atoms. The van der Waals surface area contributed by atoms with Crippen molar-refractivity contribution in [2.45, 2.75) is 37.6 Å². The maximum absolute atomic E-state index is 3.91. The number of allylic oxidation sites excluding steroid dienone is 1. The summed E-state index contributed by atoms with van der Waals surface area (Å²) in [5.41, 5.74) is 5.51. The maximum atomic E-state index is 3.91. The smallest absolute Gasteiger partial charge is 0.0669 e. The fraction of sp³-hybridized carbons (Fsp3) is 0.304. The summed E-state index contributed by atoms with van der Waals surface area (Å²) in [6.45, 7) is 10.9. The van der Waals surface area contributed by atoms with Gasteiger partial charge in [0, 0.05) is 6.54 Å². The summed E-state index contributed by atoms with van der Waals surface area (Å²) in [5.74, 6) is 0.535. The van der Waals surface area contributed by atoms with Crippen molar-refractivity contribution in [3.63, 3.8) is 0 Å². The van der Waals surface area contributed by atoms with E-state index < -0.39 is 0 Å². The predicted molar refractivity (Wildman–Crippen MR) is 103 cm³/mol. The highest BCUT2D eigenvalue weighted by Crippen LogP contribution is 2.42. The third-order valence-electron chi connectivity index (χ3n) is 5.28. The van der Waals surface area contributed by atoms with Crippen LogP contribution in [-0.4, -0.2) is 6.54 Å². The fourth-order valence-corrected chi connectivity index (χ4v) is 4.06. The first-order valence-corrected chi connectivity index (χ1v) is 8.85. The van der Waals surface area contributed by atoms with Gasteiger partial charge in [0.25, 0.3) is 0 Å². The van der Waals surface area contributed by atoms with Gasteiger partial charge in [-0.1, -0.05) is 60.7 Å². The number of fused-ring (bicyclic) bond motifs is 2.